The van der Waals surface area contributed by atoms with Crippen molar-refractivity contribution in [3.63, 3.8) is 0 Å². The van der Waals surface area contributed by atoms with E-state index in [1.807, 2.05) is 18.2 Å². The fourth-order valence-electron chi connectivity index (χ4n) is 6.94. The largest absolute Gasteiger partial charge is 0.497 e. The monoisotopic (exact) mass is 423 g/mol. The van der Waals surface area contributed by atoms with E-state index in [9.17, 15) is 0 Å². The molecule has 0 amide bonds. The van der Waals surface area contributed by atoms with Gasteiger partial charge in [0.25, 0.3) is 0 Å². The zero-order valence-electron chi connectivity index (χ0n) is 18.9. The number of fused-ring (bicyclic) bond motifs is 5. The molecule has 2 saturated carbocycles. The van der Waals surface area contributed by atoms with Crippen molar-refractivity contribution in [3.8, 4) is 11.5 Å². The lowest BCUT2D eigenvalue weighted by Crippen LogP contribution is -2.55. The first kappa shape index (κ1) is 20.7. The van der Waals surface area contributed by atoms with Gasteiger partial charge in [0.05, 0.1) is 14.2 Å². The van der Waals surface area contributed by atoms with Gasteiger partial charge in [-0.15, -0.1) is 0 Å². The molecular formula is C27H34FNO2. The predicted octanol–water partition coefficient (Wildman–Crippen LogP) is 6.38. The van der Waals surface area contributed by atoms with Gasteiger partial charge in [0.15, 0.2) is 0 Å². The summed E-state index contributed by atoms with van der Waals surface area (Å²) in [5, 5.41) is 3.72. The molecule has 2 aromatic carbocycles. The van der Waals surface area contributed by atoms with Crippen molar-refractivity contribution in [2.24, 2.45) is 17.3 Å². The Morgan fingerprint density at radius 1 is 1.00 bits per heavy atom. The zero-order valence-corrected chi connectivity index (χ0v) is 18.9. The Labute approximate surface area is 185 Å². The Balaban J connectivity index is 1.43. The number of hydrogen-bond acceptors (Lipinski definition) is 3. The van der Waals surface area contributed by atoms with E-state index in [-0.39, 0.29) is 11.5 Å². The molecule has 1 N–H and O–H groups in total. The minimum atomic E-state index is -0.739. The van der Waals surface area contributed by atoms with Crippen molar-refractivity contribution in [1.29, 1.82) is 0 Å². The van der Waals surface area contributed by atoms with E-state index in [0.717, 1.165) is 36.4 Å². The molecule has 31 heavy (non-hydrogen) atoms. The van der Waals surface area contributed by atoms with Crippen molar-refractivity contribution in [2.45, 2.75) is 63.6 Å². The molecule has 0 saturated heterocycles. The minimum absolute atomic E-state index is 0.108. The number of nitrogens with one attached hydrogen (secondary N) is 1. The molecule has 0 radical (unpaired) electrons. The number of ether oxygens (including phenoxy) is 2. The van der Waals surface area contributed by atoms with Crippen LogP contribution in [0.3, 0.4) is 0 Å². The Morgan fingerprint density at radius 2 is 1.81 bits per heavy atom. The van der Waals surface area contributed by atoms with Crippen LogP contribution in [0.5, 0.6) is 11.5 Å². The first-order chi connectivity index (χ1) is 15.0. The van der Waals surface area contributed by atoms with Crippen molar-refractivity contribution in [2.75, 3.05) is 19.5 Å². The van der Waals surface area contributed by atoms with Crippen LogP contribution < -0.4 is 14.8 Å². The molecule has 166 valence electrons. The number of benzene rings is 2. The smallest absolute Gasteiger partial charge is 0.120 e. The molecule has 3 aliphatic rings. The average molecular weight is 424 g/mol. The summed E-state index contributed by atoms with van der Waals surface area (Å²) in [4.78, 5) is 0. The zero-order chi connectivity index (χ0) is 21.6. The predicted molar refractivity (Wildman–Crippen MR) is 123 cm³/mol. The third kappa shape index (κ3) is 3.58. The van der Waals surface area contributed by atoms with Crippen LogP contribution in [0.15, 0.2) is 42.5 Å². The normalized spacial score (nSPS) is 34.1. The number of anilines is 1. The highest BCUT2D eigenvalue weighted by Crippen LogP contribution is 2.60. The summed E-state index contributed by atoms with van der Waals surface area (Å²) in [5.74, 6) is 3.31. The lowest BCUT2D eigenvalue weighted by atomic mass is 9.49. The molecule has 6 atom stereocenters. The number of halogens is 1. The number of hydrogen-bond donors (Lipinski definition) is 1. The first-order valence-electron chi connectivity index (χ1n) is 11.7. The van der Waals surface area contributed by atoms with Crippen LogP contribution >= 0.6 is 0 Å². The standard InChI is InChI=1S/C27H34FNO2/c1-27-12-11-23-22-10-8-21(31-3)13-17(22)7-9-24(23)25(27)14-18(28)15-26(27)29-19-5-4-6-20(16-19)30-2/h4-6,8,10,13,16,18,23-26,29H,7,9,11-12,14-15H2,1-3H3/t18-,23+,24+,25-,26-,27-/m0/s1. The van der Waals surface area contributed by atoms with Gasteiger partial charge in [-0.3, -0.25) is 0 Å². The minimum Gasteiger partial charge on any atom is -0.497 e. The van der Waals surface area contributed by atoms with Gasteiger partial charge in [-0.2, -0.15) is 0 Å². The lowest BCUT2D eigenvalue weighted by molar-refractivity contribution is -0.0400. The number of rotatable bonds is 4. The summed E-state index contributed by atoms with van der Waals surface area (Å²) >= 11 is 0. The van der Waals surface area contributed by atoms with Gasteiger partial charge in [0.1, 0.15) is 17.7 Å². The van der Waals surface area contributed by atoms with E-state index in [4.69, 9.17) is 9.47 Å². The van der Waals surface area contributed by atoms with Gasteiger partial charge in [-0.05, 0) is 97.1 Å². The van der Waals surface area contributed by atoms with Crippen LogP contribution in [0.4, 0.5) is 10.1 Å². The summed E-state index contributed by atoms with van der Waals surface area (Å²) < 4.78 is 25.9. The summed E-state index contributed by atoms with van der Waals surface area (Å²) in [6, 6.07) is 14.8. The SMILES string of the molecule is COc1cccc(N[C@H]2C[C@@H](F)C[C@H]3[C@@H]4CCc5cc(OC)ccc5[C@H]4CC[C@]23C)c1. The van der Waals surface area contributed by atoms with Crippen molar-refractivity contribution >= 4 is 5.69 Å². The first-order valence-corrected chi connectivity index (χ1v) is 11.7. The maximum absolute atomic E-state index is 15.1. The van der Waals surface area contributed by atoms with Gasteiger partial charge >= 0.3 is 0 Å². The number of alkyl halides is 1. The highest BCUT2D eigenvalue weighted by Gasteiger charge is 2.55. The highest BCUT2D eigenvalue weighted by atomic mass is 19.1. The van der Waals surface area contributed by atoms with Crippen LogP contribution in [0.2, 0.25) is 0 Å². The Bertz CT molecular complexity index is 947. The molecule has 2 aromatic rings. The summed E-state index contributed by atoms with van der Waals surface area (Å²) in [6.07, 6.45) is 5.12. The van der Waals surface area contributed by atoms with Crippen LogP contribution in [-0.2, 0) is 6.42 Å². The molecule has 0 aromatic heterocycles. The van der Waals surface area contributed by atoms with E-state index in [1.54, 1.807) is 14.2 Å². The van der Waals surface area contributed by atoms with Gasteiger partial charge in [0, 0.05) is 17.8 Å². The van der Waals surface area contributed by atoms with Gasteiger partial charge in [0.2, 0.25) is 0 Å². The second kappa shape index (κ2) is 8.03. The van der Waals surface area contributed by atoms with E-state index in [2.05, 4.69) is 36.5 Å². The topological polar surface area (TPSA) is 30.5 Å². The van der Waals surface area contributed by atoms with E-state index >= 15 is 4.39 Å². The van der Waals surface area contributed by atoms with E-state index in [0.29, 0.717) is 30.6 Å². The lowest BCUT2D eigenvalue weighted by Gasteiger charge is -2.58. The third-order valence-corrected chi connectivity index (χ3v) is 8.58. The number of methoxy groups -OCH3 is 2. The summed E-state index contributed by atoms with van der Waals surface area (Å²) in [7, 11) is 3.42. The second-order valence-electron chi connectivity index (χ2n) is 10.0. The van der Waals surface area contributed by atoms with Gasteiger partial charge in [-0.1, -0.05) is 19.1 Å². The average Bonchev–Trinajstić information content (AvgIpc) is 2.79. The highest BCUT2D eigenvalue weighted by molar-refractivity contribution is 5.49. The fourth-order valence-corrected chi connectivity index (χ4v) is 6.94. The maximum atomic E-state index is 15.1. The van der Waals surface area contributed by atoms with Gasteiger partial charge in [-0.25, -0.2) is 4.39 Å². The molecule has 0 unspecified atom stereocenters. The van der Waals surface area contributed by atoms with Crippen LogP contribution in [-0.4, -0.2) is 26.4 Å². The van der Waals surface area contributed by atoms with Crippen molar-refractivity contribution in [3.05, 3.63) is 53.6 Å². The van der Waals surface area contributed by atoms with Crippen molar-refractivity contribution in [1.82, 2.24) is 0 Å². The summed E-state index contributed by atoms with van der Waals surface area (Å²) in [6.45, 7) is 2.42. The molecule has 3 nitrogen and oxygen atoms in total. The molecule has 2 fully saturated rings. The fraction of sp³-hybridized carbons (Fsp3) is 0.556. The molecule has 5 rings (SSSR count). The third-order valence-electron chi connectivity index (χ3n) is 8.58. The quantitative estimate of drug-likeness (QED) is 0.619. The van der Waals surface area contributed by atoms with Crippen LogP contribution in [0, 0.1) is 17.3 Å². The molecule has 0 spiro atoms. The molecule has 4 heteroatoms. The van der Waals surface area contributed by atoms with Crippen LogP contribution in [0.1, 0.15) is 56.1 Å². The summed E-state index contributed by atoms with van der Waals surface area (Å²) in [5.41, 5.74) is 4.05. The van der Waals surface area contributed by atoms with Gasteiger partial charge < -0.3 is 14.8 Å². The molecule has 0 heterocycles. The molecule has 0 bridgehead atoms. The number of aryl methyl sites for hydroxylation is 1. The van der Waals surface area contributed by atoms with E-state index < -0.39 is 6.17 Å². The van der Waals surface area contributed by atoms with Crippen LogP contribution in [0.25, 0.3) is 0 Å². The Kier molecular flexibility index (Phi) is 5.35. The molecule has 0 aliphatic heterocycles. The maximum Gasteiger partial charge on any atom is 0.120 e. The second-order valence-corrected chi connectivity index (χ2v) is 10.0. The Morgan fingerprint density at radius 3 is 2.61 bits per heavy atom. The van der Waals surface area contributed by atoms with E-state index in [1.165, 1.54) is 17.5 Å². The Hall–Kier alpha value is -2.23. The van der Waals surface area contributed by atoms with Crippen molar-refractivity contribution < 1.29 is 13.9 Å². The molecular weight excluding hydrogens is 389 g/mol. The molecule has 3 aliphatic carbocycles.